The Bertz CT molecular complexity index is 1000. The fourth-order valence-electron chi connectivity index (χ4n) is 3.20. The first kappa shape index (κ1) is 25.2. The van der Waals surface area contributed by atoms with Crippen LogP contribution in [-0.2, 0) is 32.2 Å². The minimum Gasteiger partial charge on any atom is -0.445 e. The summed E-state index contributed by atoms with van der Waals surface area (Å²) in [5.74, 6) is -0.862. The first-order valence-corrected chi connectivity index (χ1v) is 11.7. The van der Waals surface area contributed by atoms with Crippen LogP contribution < -0.4 is 16.0 Å². The molecule has 34 heavy (non-hydrogen) atoms. The summed E-state index contributed by atoms with van der Waals surface area (Å²) in [6.45, 7) is 1.86. The van der Waals surface area contributed by atoms with Crippen LogP contribution in [0.3, 0.4) is 0 Å². The van der Waals surface area contributed by atoms with Crippen LogP contribution in [0, 0.1) is 0 Å². The number of amides is 3. The van der Waals surface area contributed by atoms with E-state index in [1.165, 1.54) is 6.92 Å². The van der Waals surface area contributed by atoms with Gasteiger partial charge in [0.2, 0.25) is 11.8 Å². The Labute approximate surface area is 206 Å². The largest absolute Gasteiger partial charge is 0.445 e. The summed E-state index contributed by atoms with van der Waals surface area (Å²) in [6, 6.07) is 16.8. The van der Waals surface area contributed by atoms with Gasteiger partial charge in [-0.25, -0.2) is 4.79 Å². The van der Waals surface area contributed by atoms with E-state index in [-0.39, 0.29) is 31.6 Å². The first-order valence-electron chi connectivity index (χ1n) is 10.9. The van der Waals surface area contributed by atoms with Crippen LogP contribution >= 0.6 is 15.9 Å². The van der Waals surface area contributed by atoms with Crippen LogP contribution in [0.4, 0.5) is 4.79 Å². The first-order chi connectivity index (χ1) is 16.4. The van der Waals surface area contributed by atoms with Gasteiger partial charge in [-0.3, -0.25) is 9.59 Å². The van der Waals surface area contributed by atoms with Crippen LogP contribution in [0.15, 0.2) is 65.8 Å². The SMILES string of the molecule is C[C@H](NC(=O)OCc1ccccc1)C(=O)N[C@@H](Cc1ccccc1)C(=O)NCC1CC(Br)=NO1. The Morgan fingerprint density at radius 2 is 1.68 bits per heavy atom. The number of hydrogen-bond donors (Lipinski definition) is 3. The summed E-state index contributed by atoms with van der Waals surface area (Å²) in [5.41, 5.74) is 1.71. The van der Waals surface area contributed by atoms with Gasteiger partial charge in [-0.05, 0) is 34.0 Å². The third-order valence-electron chi connectivity index (χ3n) is 5.06. The molecule has 0 radical (unpaired) electrons. The molecule has 2 aromatic carbocycles. The maximum absolute atomic E-state index is 12.9. The Kier molecular flexibility index (Phi) is 9.45. The number of ether oxygens (including phenoxy) is 1. The van der Waals surface area contributed by atoms with Crippen LogP contribution in [-0.4, -0.2) is 47.3 Å². The molecule has 1 heterocycles. The Balaban J connectivity index is 1.53. The Morgan fingerprint density at radius 1 is 1.03 bits per heavy atom. The molecular formula is C24H27BrN4O5. The van der Waals surface area contributed by atoms with Crippen molar-refractivity contribution in [3.63, 3.8) is 0 Å². The highest BCUT2D eigenvalue weighted by Gasteiger charge is 2.27. The van der Waals surface area contributed by atoms with Gasteiger partial charge >= 0.3 is 6.09 Å². The lowest BCUT2D eigenvalue weighted by atomic mass is 10.0. The van der Waals surface area contributed by atoms with Crippen molar-refractivity contribution in [1.29, 1.82) is 0 Å². The van der Waals surface area contributed by atoms with Gasteiger partial charge < -0.3 is 25.5 Å². The molecule has 3 atom stereocenters. The second kappa shape index (κ2) is 12.7. The second-order valence-electron chi connectivity index (χ2n) is 7.82. The maximum atomic E-state index is 12.9. The predicted octanol–water partition coefficient (Wildman–Crippen LogP) is 2.64. The van der Waals surface area contributed by atoms with E-state index in [4.69, 9.17) is 9.57 Å². The van der Waals surface area contributed by atoms with E-state index in [2.05, 4.69) is 37.0 Å². The molecule has 2 aromatic rings. The lowest BCUT2D eigenvalue weighted by Crippen LogP contribution is -2.54. The summed E-state index contributed by atoms with van der Waals surface area (Å²) >= 11 is 3.26. The molecule has 0 saturated heterocycles. The van der Waals surface area contributed by atoms with E-state index in [0.29, 0.717) is 11.0 Å². The zero-order valence-electron chi connectivity index (χ0n) is 18.7. The van der Waals surface area contributed by atoms with Gasteiger partial charge in [0, 0.05) is 12.8 Å². The smallest absolute Gasteiger partial charge is 0.408 e. The predicted molar refractivity (Wildman–Crippen MR) is 130 cm³/mol. The van der Waals surface area contributed by atoms with Gasteiger partial charge in [-0.15, -0.1) is 0 Å². The molecule has 180 valence electrons. The molecule has 0 aliphatic carbocycles. The number of nitrogens with one attached hydrogen (secondary N) is 3. The van der Waals surface area contributed by atoms with Crippen LogP contribution in [0.25, 0.3) is 0 Å². The molecule has 0 spiro atoms. The molecule has 0 fully saturated rings. The van der Waals surface area contributed by atoms with Crippen molar-refractivity contribution in [2.75, 3.05) is 6.54 Å². The van der Waals surface area contributed by atoms with Gasteiger partial charge in [0.15, 0.2) is 6.10 Å². The quantitative estimate of drug-likeness (QED) is 0.436. The molecule has 10 heteroatoms. The lowest BCUT2D eigenvalue weighted by Gasteiger charge is -2.22. The van der Waals surface area contributed by atoms with Crippen LogP contribution in [0.5, 0.6) is 0 Å². The highest BCUT2D eigenvalue weighted by Crippen LogP contribution is 2.13. The van der Waals surface area contributed by atoms with E-state index in [1.54, 1.807) is 0 Å². The zero-order valence-corrected chi connectivity index (χ0v) is 20.3. The summed E-state index contributed by atoms with van der Waals surface area (Å²) in [6.07, 6.45) is -0.150. The molecule has 9 nitrogen and oxygen atoms in total. The number of alkyl carbamates (subject to hydrolysis) is 1. The molecule has 1 aliphatic heterocycles. The minimum absolute atomic E-state index is 0.0864. The van der Waals surface area contributed by atoms with Crippen molar-refractivity contribution >= 4 is 38.5 Å². The normalized spacial score (nSPS) is 16.4. The van der Waals surface area contributed by atoms with E-state index < -0.39 is 24.1 Å². The van der Waals surface area contributed by atoms with Crippen LogP contribution in [0.2, 0.25) is 0 Å². The van der Waals surface area contributed by atoms with Crippen molar-refractivity contribution in [2.45, 2.75) is 44.6 Å². The molecule has 3 amide bonds. The fourth-order valence-corrected chi connectivity index (χ4v) is 3.65. The maximum Gasteiger partial charge on any atom is 0.408 e. The van der Waals surface area contributed by atoms with Crippen molar-refractivity contribution < 1.29 is 24.0 Å². The third-order valence-corrected chi connectivity index (χ3v) is 5.53. The highest BCUT2D eigenvalue weighted by molar-refractivity contribution is 9.18. The van der Waals surface area contributed by atoms with E-state index in [0.717, 1.165) is 11.1 Å². The highest BCUT2D eigenvalue weighted by atomic mass is 79.9. The fraction of sp³-hybridized carbons (Fsp3) is 0.333. The topological polar surface area (TPSA) is 118 Å². The van der Waals surface area contributed by atoms with Crippen molar-refractivity contribution in [2.24, 2.45) is 5.16 Å². The number of oxime groups is 1. The molecule has 1 aliphatic rings. The number of carbonyl (C=O) groups excluding carboxylic acids is 3. The summed E-state index contributed by atoms with van der Waals surface area (Å²) in [4.78, 5) is 42.9. The van der Waals surface area contributed by atoms with E-state index in [1.807, 2.05) is 60.7 Å². The van der Waals surface area contributed by atoms with Gasteiger partial charge in [0.1, 0.15) is 23.3 Å². The van der Waals surface area contributed by atoms with Gasteiger partial charge in [-0.1, -0.05) is 65.8 Å². The summed E-state index contributed by atoms with van der Waals surface area (Å²) in [7, 11) is 0. The van der Waals surface area contributed by atoms with E-state index >= 15 is 0 Å². The van der Waals surface area contributed by atoms with Crippen LogP contribution in [0.1, 0.15) is 24.5 Å². The summed E-state index contributed by atoms with van der Waals surface area (Å²) in [5, 5.41) is 11.8. The third kappa shape index (κ3) is 8.18. The average molecular weight is 531 g/mol. The number of halogens is 1. The van der Waals surface area contributed by atoms with Gasteiger partial charge in [0.25, 0.3) is 0 Å². The molecule has 0 aromatic heterocycles. The second-order valence-corrected chi connectivity index (χ2v) is 8.74. The van der Waals surface area contributed by atoms with Crippen molar-refractivity contribution in [3.05, 3.63) is 71.8 Å². The molecule has 0 saturated carbocycles. The minimum atomic E-state index is -0.906. The zero-order chi connectivity index (χ0) is 24.3. The molecule has 3 N–H and O–H groups in total. The molecule has 3 rings (SSSR count). The number of benzene rings is 2. The molecule has 0 bridgehead atoms. The average Bonchev–Trinajstić information content (AvgIpc) is 3.27. The van der Waals surface area contributed by atoms with Crippen molar-refractivity contribution in [3.8, 4) is 0 Å². The monoisotopic (exact) mass is 530 g/mol. The lowest BCUT2D eigenvalue weighted by molar-refractivity contribution is -0.130. The number of carbonyl (C=O) groups is 3. The van der Waals surface area contributed by atoms with Gasteiger partial charge in [-0.2, -0.15) is 0 Å². The molecular weight excluding hydrogens is 504 g/mol. The number of rotatable bonds is 10. The molecule has 1 unspecified atom stereocenters. The standard InChI is InChI=1S/C24H27BrN4O5/c1-16(27-24(32)33-15-18-10-6-3-7-11-18)22(30)28-20(12-17-8-4-2-5-9-17)23(31)26-14-19-13-21(25)29-34-19/h2-11,16,19-20H,12-15H2,1H3,(H,26,31)(H,27,32)(H,28,30)/t16-,19?,20-/m0/s1. The summed E-state index contributed by atoms with van der Waals surface area (Å²) < 4.78 is 5.84. The van der Waals surface area contributed by atoms with Crippen molar-refractivity contribution in [1.82, 2.24) is 16.0 Å². The Hall–Kier alpha value is -3.40. The number of nitrogens with zero attached hydrogens (tertiary/aromatic N) is 1. The van der Waals surface area contributed by atoms with Gasteiger partial charge in [0.05, 0.1) is 6.54 Å². The van der Waals surface area contributed by atoms with E-state index in [9.17, 15) is 14.4 Å². The number of hydrogen-bond acceptors (Lipinski definition) is 6. The Morgan fingerprint density at radius 3 is 2.29 bits per heavy atom.